The lowest BCUT2D eigenvalue weighted by Crippen LogP contribution is -2.29. The van der Waals surface area contributed by atoms with Gasteiger partial charge in [-0.2, -0.15) is 0 Å². The van der Waals surface area contributed by atoms with Crippen molar-refractivity contribution in [2.45, 2.75) is 148 Å². The van der Waals surface area contributed by atoms with E-state index in [-0.39, 0.29) is 26.1 Å². The highest BCUT2D eigenvalue weighted by atomic mass is 31.2. The zero-order chi connectivity index (χ0) is 41.1. The maximum atomic E-state index is 12.6. The van der Waals surface area contributed by atoms with Crippen LogP contribution in [0.1, 0.15) is 142 Å². The van der Waals surface area contributed by atoms with Crippen LogP contribution in [0.3, 0.4) is 0 Å². The molecule has 0 radical (unpaired) electrons. The van der Waals surface area contributed by atoms with E-state index >= 15 is 0 Å². The van der Waals surface area contributed by atoms with E-state index in [2.05, 4.69) is 116 Å². The van der Waals surface area contributed by atoms with Crippen LogP contribution in [0.25, 0.3) is 0 Å². The number of carbonyl (C=O) groups is 2. The van der Waals surface area contributed by atoms with Crippen molar-refractivity contribution in [2.24, 2.45) is 0 Å². The molecular formula is C46H76NO8P. The predicted octanol–water partition coefficient (Wildman–Crippen LogP) is 12.1. The van der Waals surface area contributed by atoms with Crippen molar-refractivity contribution in [3.05, 3.63) is 97.2 Å². The van der Waals surface area contributed by atoms with Crippen LogP contribution >= 0.6 is 7.82 Å². The van der Waals surface area contributed by atoms with Crippen molar-refractivity contribution < 1.29 is 37.6 Å². The van der Waals surface area contributed by atoms with Crippen LogP contribution < -0.4 is 5.32 Å². The first-order valence-electron chi connectivity index (χ1n) is 21.2. The minimum absolute atomic E-state index is 0.0356. The lowest BCUT2D eigenvalue weighted by atomic mass is 10.1. The first-order valence-corrected chi connectivity index (χ1v) is 22.7. The Balaban J connectivity index is 4.40. The van der Waals surface area contributed by atoms with Crippen LogP contribution in [0, 0.1) is 0 Å². The van der Waals surface area contributed by atoms with Crippen molar-refractivity contribution in [1.29, 1.82) is 0 Å². The Morgan fingerprint density at radius 2 is 1.02 bits per heavy atom. The first kappa shape index (κ1) is 52.9. The van der Waals surface area contributed by atoms with E-state index < -0.39 is 32.5 Å². The normalized spacial score (nSPS) is 14.3. The van der Waals surface area contributed by atoms with E-state index in [0.717, 1.165) is 83.5 Å². The summed E-state index contributed by atoms with van der Waals surface area (Å²) in [6, 6.07) is 0. The average Bonchev–Trinajstić information content (AvgIpc) is 3.18. The minimum atomic E-state index is -4.37. The summed E-state index contributed by atoms with van der Waals surface area (Å²) in [5, 5.41) is 2.81. The average molecular weight is 802 g/mol. The minimum Gasteiger partial charge on any atom is -0.462 e. The SMILES string of the molecule is CC/C=C\C/C=C\C/C=C\C/C=C\C/C=C\CCCCCC(=O)OC(COC(=O)CCCC/C=C\C/C=C\C/C=C\CCCCC)COP(=O)(O)OCCNC. The van der Waals surface area contributed by atoms with Gasteiger partial charge in [0.25, 0.3) is 0 Å². The molecule has 2 atom stereocenters. The Kier molecular flexibility index (Phi) is 39.3. The second-order valence-electron chi connectivity index (χ2n) is 13.4. The molecule has 0 aromatic rings. The number of ether oxygens (including phenoxy) is 2. The molecule has 0 heterocycles. The summed E-state index contributed by atoms with van der Waals surface area (Å²) in [7, 11) is -2.69. The van der Waals surface area contributed by atoms with E-state index in [1.165, 1.54) is 19.3 Å². The van der Waals surface area contributed by atoms with Crippen molar-refractivity contribution in [2.75, 3.05) is 33.4 Å². The predicted molar refractivity (Wildman–Crippen MR) is 233 cm³/mol. The number of rotatable bonds is 38. The van der Waals surface area contributed by atoms with Gasteiger partial charge in [0.2, 0.25) is 0 Å². The Morgan fingerprint density at radius 1 is 0.571 bits per heavy atom. The van der Waals surface area contributed by atoms with Gasteiger partial charge in [-0.05, 0) is 103 Å². The lowest BCUT2D eigenvalue weighted by molar-refractivity contribution is -0.161. The molecule has 0 amide bonds. The molecule has 0 aromatic heterocycles. The number of esters is 2. The molecule has 2 N–H and O–H groups in total. The van der Waals surface area contributed by atoms with Crippen LogP contribution in [-0.4, -0.2) is 56.3 Å². The second-order valence-corrected chi connectivity index (χ2v) is 14.9. The lowest BCUT2D eigenvalue weighted by Gasteiger charge is -2.20. The molecule has 0 saturated carbocycles. The van der Waals surface area contributed by atoms with Gasteiger partial charge in [-0.1, -0.05) is 130 Å². The highest BCUT2D eigenvalue weighted by Gasteiger charge is 2.26. The van der Waals surface area contributed by atoms with Gasteiger partial charge < -0.3 is 19.7 Å². The molecule has 0 bridgehead atoms. The van der Waals surface area contributed by atoms with Crippen molar-refractivity contribution >= 4 is 19.8 Å². The molecule has 10 heteroatoms. The van der Waals surface area contributed by atoms with Crippen molar-refractivity contribution in [3.63, 3.8) is 0 Å². The van der Waals surface area contributed by atoms with E-state index in [1.54, 1.807) is 7.05 Å². The molecule has 0 saturated heterocycles. The van der Waals surface area contributed by atoms with Crippen LogP contribution in [0.15, 0.2) is 97.2 Å². The van der Waals surface area contributed by atoms with Gasteiger partial charge in [0, 0.05) is 19.4 Å². The highest BCUT2D eigenvalue weighted by Crippen LogP contribution is 2.43. The number of nitrogens with one attached hydrogen (secondary N) is 1. The number of carbonyl (C=O) groups excluding carboxylic acids is 2. The van der Waals surface area contributed by atoms with Crippen LogP contribution in [0.4, 0.5) is 0 Å². The van der Waals surface area contributed by atoms with Gasteiger partial charge in [0.1, 0.15) is 6.61 Å². The van der Waals surface area contributed by atoms with Crippen LogP contribution in [0.5, 0.6) is 0 Å². The topological polar surface area (TPSA) is 120 Å². The molecular weight excluding hydrogens is 725 g/mol. The number of unbranched alkanes of at least 4 members (excludes halogenated alkanes) is 8. The zero-order valence-corrected chi connectivity index (χ0v) is 35.9. The Morgan fingerprint density at radius 3 is 1.52 bits per heavy atom. The fourth-order valence-electron chi connectivity index (χ4n) is 5.00. The summed E-state index contributed by atoms with van der Waals surface area (Å²) >= 11 is 0. The molecule has 2 unspecified atom stereocenters. The van der Waals surface area contributed by atoms with Crippen molar-refractivity contribution in [3.8, 4) is 0 Å². The fraction of sp³-hybridized carbons (Fsp3) is 0.609. The van der Waals surface area contributed by atoms with Gasteiger partial charge in [0.05, 0.1) is 13.2 Å². The van der Waals surface area contributed by atoms with Gasteiger partial charge in [0.15, 0.2) is 6.10 Å². The molecule has 0 aliphatic carbocycles. The molecule has 9 nitrogen and oxygen atoms in total. The number of hydrogen-bond donors (Lipinski definition) is 2. The quantitative estimate of drug-likeness (QED) is 0.0272. The van der Waals surface area contributed by atoms with Crippen LogP contribution in [0.2, 0.25) is 0 Å². The number of hydrogen-bond acceptors (Lipinski definition) is 8. The standard InChI is InChI=1S/C46H76NO8P/c1-4-6-8-10-12-14-16-18-20-21-22-23-25-27-29-31-33-35-37-39-46(49)55-44(43-54-56(50,51)53-41-40-47-3)42-52-45(48)38-36-34-32-30-28-26-24-19-17-15-13-11-9-7-5-2/h6,8,12-15,18-20,22-24,27-30,44,47H,4-5,7,9-11,16-17,21,25-26,31-43H2,1-3H3,(H,50,51)/b8-6-,14-12-,15-13-,20-18-,23-22-,24-19-,29-27-,30-28-. The third-order valence-electron chi connectivity index (χ3n) is 8.19. The Hall–Kier alpha value is -3.07. The van der Waals surface area contributed by atoms with Crippen molar-refractivity contribution in [1.82, 2.24) is 5.32 Å². The monoisotopic (exact) mass is 802 g/mol. The molecule has 0 aromatic carbocycles. The highest BCUT2D eigenvalue weighted by molar-refractivity contribution is 7.47. The molecule has 0 aliphatic heterocycles. The largest absolute Gasteiger partial charge is 0.472 e. The number of allylic oxidation sites excluding steroid dienone is 16. The zero-order valence-electron chi connectivity index (χ0n) is 35.0. The first-order chi connectivity index (χ1) is 27.3. The maximum Gasteiger partial charge on any atom is 0.472 e. The molecule has 0 spiro atoms. The molecule has 56 heavy (non-hydrogen) atoms. The summed E-state index contributed by atoms with van der Waals surface area (Å²) < 4.78 is 33.1. The molecule has 0 aliphatic rings. The van der Waals surface area contributed by atoms with Gasteiger partial charge in [-0.25, -0.2) is 4.57 Å². The summed E-state index contributed by atoms with van der Waals surface area (Å²) in [6.45, 7) is 3.97. The molecule has 0 rings (SSSR count). The van der Waals surface area contributed by atoms with E-state index in [9.17, 15) is 19.0 Å². The summed E-state index contributed by atoms with van der Waals surface area (Å²) in [5.41, 5.74) is 0. The van der Waals surface area contributed by atoms with Crippen LogP contribution in [-0.2, 0) is 32.7 Å². The van der Waals surface area contributed by atoms with Gasteiger partial charge >= 0.3 is 19.8 Å². The second kappa shape index (κ2) is 41.6. The van der Waals surface area contributed by atoms with E-state index in [1.807, 2.05) is 0 Å². The number of phosphoric ester groups is 1. The van der Waals surface area contributed by atoms with Gasteiger partial charge in [-0.3, -0.25) is 18.6 Å². The smallest absolute Gasteiger partial charge is 0.462 e. The summed E-state index contributed by atoms with van der Waals surface area (Å²) in [5.74, 6) is -0.901. The van der Waals surface area contributed by atoms with Gasteiger partial charge in [-0.15, -0.1) is 0 Å². The molecule has 0 fully saturated rings. The van der Waals surface area contributed by atoms with E-state index in [0.29, 0.717) is 19.4 Å². The summed E-state index contributed by atoms with van der Waals surface area (Å²) in [4.78, 5) is 35.0. The Bertz CT molecular complexity index is 1230. The summed E-state index contributed by atoms with van der Waals surface area (Å²) in [6.07, 6.45) is 51.7. The fourth-order valence-corrected chi connectivity index (χ4v) is 5.75. The number of likely N-dealkylation sites (N-methyl/N-ethyl adjacent to an activating group) is 1. The number of phosphoric acid groups is 1. The Labute approximate surface area is 340 Å². The third kappa shape index (κ3) is 40.6. The maximum absolute atomic E-state index is 12.6. The molecule has 318 valence electrons. The van der Waals surface area contributed by atoms with E-state index in [4.69, 9.17) is 18.5 Å². The third-order valence-corrected chi connectivity index (χ3v) is 9.17.